The van der Waals surface area contributed by atoms with Gasteiger partial charge in [-0.1, -0.05) is 11.3 Å². The number of benzene rings is 1. The highest BCUT2D eigenvalue weighted by atomic mass is 35.5. The zero-order valence-corrected chi connectivity index (χ0v) is 13.7. The number of nitrogens with one attached hydrogen (secondary N) is 2. The molecule has 2 heterocycles. The Bertz CT molecular complexity index is 626. The van der Waals surface area contributed by atoms with Gasteiger partial charge in [0.25, 0.3) is 0 Å². The summed E-state index contributed by atoms with van der Waals surface area (Å²) in [6, 6.07) is 7.47. The van der Waals surface area contributed by atoms with Gasteiger partial charge in [-0.05, 0) is 43.7 Å². The highest BCUT2D eigenvalue weighted by molar-refractivity contribution is 7.18. The van der Waals surface area contributed by atoms with Crippen molar-refractivity contribution in [3.8, 4) is 16.3 Å². The van der Waals surface area contributed by atoms with Gasteiger partial charge in [-0.3, -0.25) is 10.1 Å². The van der Waals surface area contributed by atoms with E-state index in [2.05, 4.69) is 20.8 Å². The number of nitrogens with zero attached hydrogens (tertiary/aromatic N) is 2. The van der Waals surface area contributed by atoms with Gasteiger partial charge in [0.2, 0.25) is 11.0 Å². The molecule has 0 radical (unpaired) electrons. The molecule has 6 nitrogen and oxygen atoms in total. The molecule has 1 aromatic heterocycles. The molecule has 1 aliphatic rings. The SMILES string of the molecule is COc1ccc(-c2nnc(NC(=O)C3CCCN3)s2)cc1.Cl. The average Bonchev–Trinajstić information content (AvgIpc) is 3.19. The Hall–Kier alpha value is -1.70. The van der Waals surface area contributed by atoms with Crippen molar-refractivity contribution in [2.45, 2.75) is 18.9 Å². The summed E-state index contributed by atoms with van der Waals surface area (Å²) in [5.41, 5.74) is 0.952. The Kier molecular flexibility index (Phi) is 5.70. The van der Waals surface area contributed by atoms with Crippen molar-refractivity contribution in [2.75, 3.05) is 19.0 Å². The van der Waals surface area contributed by atoms with Crippen molar-refractivity contribution < 1.29 is 9.53 Å². The number of amides is 1. The first-order chi connectivity index (χ1) is 10.3. The molecule has 1 aromatic carbocycles. The van der Waals surface area contributed by atoms with Crippen LogP contribution in [0.15, 0.2) is 24.3 Å². The van der Waals surface area contributed by atoms with Crippen molar-refractivity contribution >= 4 is 34.8 Å². The van der Waals surface area contributed by atoms with Gasteiger partial charge in [0.05, 0.1) is 13.2 Å². The Morgan fingerprint density at radius 2 is 2.14 bits per heavy atom. The first kappa shape index (κ1) is 16.7. The van der Waals surface area contributed by atoms with E-state index in [1.807, 2.05) is 24.3 Å². The zero-order chi connectivity index (χ0) is 14.7. The van der Waals surface area contributed by atoms with Crippen LogP contribution in [-0.2, 0) is 4.79 Å². The summed E-state index contributed by atoms with van der Waals surface area (Å²) in [6.45, 7) is 0.894. The summed E-state index contributed by atoms with van der Waals surface area (Å²) < 4.78 is 5.12. The van der Waals surface area contributed by atoms with E-state index in [9.17, 15) is 4.79 Å². The molecule has 1 saturated heterocycles. The molecule has 1 fully saturated rings. The number of carbonyl (C=O) groups is 1. The van der Waals surface area contributed by atoms with Gasteiger partial charge in [0.1, 0.15) is 10.8 Å². The summed E-state index contributed by atoms with van der Waals surface area (Å²) in [5.74, 6) is 0.758. The summed E-state index contributed by atoms with van der Waals surface area (Å²) in [5, 5.41) is 15.4. The molecule has 2 aromatic rings. The van der Waals surface area contributed by atoms with E-state index in [0.29, 0.717) is 5.13 Å². The Morgan fingerprint density at radius 1 is 1.36 bits per heavy atom. The maximum absolute atomic E-state index is 12.0. The quantitative estimate of drug-likeness (QED) is 0.893. The lowest BCUT2D eigenvalue weighted by molar-refractivity contribution is -0.117. The lowest BCUT2D eigenvalue weighted by atomic mass is 10.2. The van der Waals surface area contributed by atoms with Gasteiger partial charge < -0.3 is 10.1 Å². The second-order valence-electron chi connectivity index (χ2n) is 4.78. The molecule has 1 amide bonds. The molecule has 0 spiro atoms. The lowest BCUT2D eigenvalue weighted by Crippen LogP contribution is -2.35. The van der Waals surface area contributed by atoms with Crippen LogP contribution in [0.3, 0.4) is 0 Å². The maximum atomic E-state index is 12.0. The molecule has 0 saturated carbocycles. The second kappa shape index (κ2) is 7.53. The normalized spacial score (nSPS) is 16.9. The first-order valence-corrected chi connectivity index (χ1v) is 7.60. The standard InChI is InChI=1S/C14H16N4O2S.ClH/c1-20-10-6-4-9(5-7-10)13-17-18-14(21-13)16-12(19)11-3-2-8-15-11;/h4-7,11,15H,2-3,8H2,1H3,(H,16,18,19);1H. The van der Waals surface area contributed by atoms with E-state index in [0.717, 1.165) is 35.7 Å². The minimum absolute atomic E-state index is 0. The predicted molar refractivity (Wildman–Crippen MR) is 88.8 cm³/mol. The molecule has 22 heavy (non-hydrogen) atoms. The van der Waals surface area contributed by atoms with Crippen LogP contribution in [0.2, 0.25) is 0 Å². The van der Waals surface area contributed by atoms with Gasteiger partial charge in [0, 0.05) is 5.56 Å². The number of hydrogen-bond donors (Lipinski definition) is 2. The number of hydrogen-bond acceptors (Lipinski definition) is 6. The van der Waals surface area contributed by atoms with Crippen molar-refractivity contribution in [2.24, 2.45) is 0 Å². The number of anilines is 1. The summed E-state index contributed by atoms with van der Waals surface area (Å²) in [7, 11) is 1.63. The molecule has 118 valence electrons. The van der Waals surface area contributed by atoms with Crippen LogP contribution in [0.4, 0.5) is 5.13 Å². The highest BCUT2D eigenvalue weighted by Crippen LogP contribution is 2.27. The van der Waals surface area contributed by atoms with Crippen LogP contribution >= 0.6 is 23.7 Å². The van der Waals surface area contributed by atoms with E-state index in [1.54, 1.807) is 7.11 Å². The molecule has 2 N–H and O–H groups in total. The zero-order valence-electron chi connectivity index (χ0n) is 12.0. The fourth-order valence-corrected chi connectivity index (χ4v) is 2.98. The largest absolute Gasteiger partial charge is 0.497 e. The molecule has 1 aliphatic heterocycles. The Labute approximate surface area is 138 Å². The summed E-state index contributed by atoms with van der Waals surface area (Å²) in [4.78, 5) is 12.0. The van der Waals surface area contributed by atoms with Gasteiger partial charge in [-0.25, -0.2) is 0 Å². The highest BCUT2D eigenvalue weighted by Gasteiger charge is 2.23. The third kappa shape index (κ3) is 3.73. The molecule has 8 heteroatoms. The molecule has 0 bridgehead atoms. The number of halogens is 1. The Balaban J connectivity index is 0.00000176. The van der Waals surface area contributed by atoms with Crippen molar-refractivity contribution in [3.05, 3.63) is 24.3 Å². The number of carbonyl (C=O) groups excluding carboxylic acids is 1. The van der Waals surface area contributed by atoms with E-state index in [1.165, 1.54) is 11.3 Å². The van der Waals surface area contributed by atoms with Crippen LogP contribution in [-0.4, -0.2) is 35.8 Å². The minimum atomic E-state index is -0.113. The molecule has 0 aliphatic carbocycles. The van der Waals surface area contributed by atoms with Crippen molar-refractivity contribution in [1.82, 2.24) is 15.5 Å². The van der Waals surface area contributed by atoms with E-state index >= 15 is 0 Å². The van der Waals surface area contributed by atoms with Gasteiger partial charge in [-0.15, -0.1) is 22.6 Å². The third-order valence-electron chi connectivity index (χ3n) is 3.37. The van der Waals surface area contributed by atoms with Crippen LogP contribution in [0.25, 0.3) is 10.6 Å². The third-order valence-corrected chi connectivity index (χ3v) is 4.26. The molecular weight excluding hydrogens is 324 g/mol. The maximum Gasteiger partial charge on any atom is 0.243 e. The van der Waals surface area contributed by atoms with E-state index in [4.69, 9.17) is 4.74 Å². The topological polar surface area (TPSA) is 76.1 Å². The van der Waals surface area contributed by atoms with Gasteiger partial charge >= 0.3 is 0 Å². The van der Waals surface area contributed by atoms with Crippen molar-refractivity contribution in [1.29, 1.82) is 0 Å². The van der Waals surface area contributed by atoms with Crippen LogP contribution < -0.4 is 15.4 Å². The average molecular weight is 341 g/mol. The summed E-state index contributed by atoms with van der Waals surface area (Å²) in [6.07, 6.45) is 1.90. The van der Waals surface area contributed by atoms with E-state index in [-0.39, 0.29) is 24.4 Å². The molecule has 3 rings (SSSR count). The van der Waals surface area contributed by atoms with Gasteiger partial charge in [0.15, 0.2) is 0 Å². The number of ether oxygens (including phenoxy) is 1. The minimum Gasteiger partial charge on any atom is -0.497 e. The first-order valence-electron chi connectivity index (χ1n) is 6.78. The summed E-state index contributed by atoms with van der Waals surface area (Å²) >= 11 is 1.36. The fraction of sp³-hybridized carbons (Fsp3) is 0.357. The van der Waals surface area contributed by atoms with Gasteiger partial charge in [-0.2, -0.15) is 0 Å². The lowest BCUT2D eigenvalue weighted by Gasteiger charge is -2.07. The predicted octanol–water partition coefficient (Wildman–Crippen LogP) is 2.33. The van der Waals surface area contributed by atoms with Crippen LogP contribution in [0.1, 0.15) is 12.8 Å². The molecule has 1 unspecified atom stereocenters. The smallest absolute Gasteiger partial charge is 0.243 e. The monoisotopic (exact) mass is 340 g/mol. The molecular formula is C14H17ClN4O2S. The van der Waals surface area contributed by atoms with Crippen molar-refractivity contribution in [3.63, 3.8) is 0 Å². The Morgan fingerprint density at radius 3 is 2.77 bits per heavy atom. The van der Waals surface area contributed by atoms with E-state index < -0.39 is 0 Å². The molecule has 1 atom stereocenters. The fourth-order valence-electron chi connectivity index (χ4n) is 2.22. The number of rotatable bonds is 4. The van der Waals surface area contributed by atoms with Crippen LogP contribution in [0, 0.1) is 0 Å². The number of aromatic nitrogens is 2. The number of methoxy groups -OCH3 is 1. The second-order valence-corrected chi connectivity index (χ2v) is 5.76. The van der Waals surface area contributed by atoms with Crippen LogP contribution in [0.5, 0.6) is 5.75 Å².